The molecule has 0 saturated carbocycles. The Kier molecular flexibility index (Phi) is 5.57. The Labute approximate surface area is 156 Å². The van der Waals surface area contributed by atoms with E-state index in [1.165, 1.54) is 16.7 Å². The van der Waals surface area contributed by atoms with E-state index >= 15 is 0 Å². The van der Waals surface area contributed by atoms with Gasteiger partial charge in [0.05, 0.1) is 5.69 Å². The number of benzene rings is 2. The van der Waals surface area contributed by atoms with Crippen molar-refractivity contribution < 1.29 is 5.11 Å². The van der Waals surface area contributed by atoms with Gasteiger partial charge in [-0.05, 0) is 66.4 Å². The van der Waals surface area contributed by atoms with Crippen LogP contribution in [0, 0.1) is 6.92 Å². The molecule has 0 radical (unpaired) electrons. The lowest BCUT2D eigenvalue weighted by Gasteiger charge is -2.20. The topological polar surface area (TPSA) is 36.4 Å². The summed E-state index contributed by atoms with van der Waals surface area (Å²) in [7, 11) is 2.10. The van der Waals surface area contributed by atoms with Crippen molar-refractivity contribution in [1.82, 2.24) is 4.98 Å². The molecule has 0 saturated heterocycles. The smallest absolute Gasteiger partial charge is 0.129 e. The van der Waals surface area contributed by atoms with Crippen LogP contribution in [-0.2, 0) is 0 Å². The Bertz CT molecular complexity index is 872. The van der Waals surface area contributed by atoms with Crippen molar-refractivity contribution in [2.24, 2.45) is 0 Å². The number of phenolic OH excluding ortho intramolecular Hbond substituents is 1. The Morgan fingerprint density at radius 3 is 2.38 bits per heavy atom. The Hall–Kier alpha value is -2.81. The molecule has 134 valence electrons. The summed E-state index contributed by atoms with van der Waals surface area (Å²) in [6.45, 7) is 5.32. The summed E-state index contributed by atoms with van der Waals surface area (Å²) in [4.78, 5) is 7.10. The average Bonchev–Trinajstić information content (AvgIpc) is 2.66. The monoisotopic (exact) mass is 346 g/mol. The average molecular weight is 346 g/mol. The molecule has 0 atom stereocenters. The standard InChI is InChI=1S/C23H26N2O/c1-4-5-14-25(3)23-16-19(21-9-7-6-8-17(21)2)15-22(24-23)18-10-12-20(26)13-11-18/h6-13,15-16,26H,4-5,14H2,1-3H3. The Balaban J connectivity index is 2.10. The van der Waals surface area contributed by atoms with Crippen molar-refractivity contribution in [1.29, 1.82) is 0 Å². The normalized spacial score (nSPS) is 10.7. The second-order valence-corrected chi connectivity index (χ2v) is 6.74. The lowest BCUT2D eigenvalue weighted by atomic mass is 9.99. The molecule has 3 heteroatoms. The predicted octanol–water partition coefficient (Wildman–Crippen LogP) is 5.67. The van der Waals surface area contributed by atoms with E-state index < -0.39 is 0 Å². The molecule has 3 aromatic rings. The maximum atomic E-state index is 9.58. The maximum Gasteiger partial charge on any atom is 0.129 e. The van der Waals surface area contributed by atoms with E-state index in [0.29, 0.717) is 0 Å². The number of hydrogen-bond acceptors (Lipinski definition) is 3. The Morgan fingerprint density at radius 2 is 1.69 bits per heavy atom. The number of rotatable bonds is 6. The summed E-state index contributed by atoms with van der Waals surface area (Å²) < 4.78 is 0. The minimum Gasteiger partial charge on any atom is -0.508 e. The molecule has 3 rings (SSSR count). The first-order valence-electron chi connectivity index (χ1n) is 9.17. The van der Waals surface area contributed by atoms with Crippen molar-refractivity contribution in [3.05, 3.63) is 66.2 Å². The highest BCUT2D eigenvalue weighted by Gasteiger charge is 2.11. The van der Waals surface area contributed by atoms with Crippen LogP contribution >= 0.6 is 0 Å². The van der Waals surface area contributed by atoms with E-state index in [-0.39, 0.29) is 5.75 Å². The number of aryl methyl sites for hydroxylation is 1. The van der Waals surface area contributed by atoms with Crippen molar-refractivity contribution in [3.63, 3.8) is 0 Å². The summed E-state index contributed by atoms with van der Waals surface area (Å²) in [6, 6.07) is 20.0. The predicted molar refractivity (Wildman–Crippen MR) is 110 cm³/mol. The largest absolute Gasteiger partial charge is 0.508 e. The minimum atomic E-state index is 0.268. The van der Waals surface area contributed by atoms with Crippen molar-refractivity contribution in [2.45, 2.75) is 26.7 Å². The molecule has 0 aliphatic rings. The third-order valence-electron chi connectivity index (χ3n) is 4.67. The summed E-state index contributed by atoms with van der Waals surface area (Å²) in [6.07, 6.45) is 2.30. The van der Waals surface area contributed by atoms with Crippen LogP contribution in [-0.4, -0.2) is 23.7 Å². The second-order valence-electron chi connectivity index (χ2n) is 6.74. The molecule has 1 aromatic heterocycles. The van der Waals surface area contributed by atoms with E-state index in [2.05, 4.69) is 62.2 Å². The van der Waals surface area contributed by atoms with Crippen molar-refractivity contribution in [3.8, 4) is 28.1 Å². The third kappa shape index (κ3) is 4.05. The van der Waals surface area contributed by atoms with Gasteiger partial charge >= 0.3 is 0 Å². The number of nitrogens with zero attached hydrogens (tertiary/aromatic N) is 2. The van der Waals surface area contributed by atoms with Gasteiger partial charge in [-0.1, -0.05) is 37.6 Å². The van der Waals surface area contributed by atoms with Gasteiger partial charge in [0, 0.05) is 19.2 Å². The highest BCUT2D eigenvalue weighted by Crippen LogP contribution is 2.31. The zero-order valence-corrected chi connectivity index (χ0v) is 15.7. The summed E-state index contributed by atoms with van der Waals surface area (Å²) >= 11 is 0. The number of phenols is 1. The molecule has 1 N–H and O–H groups in total. The zero-order chi connectivity index (χ0) is 18.5. The van der Waals surface area contributed by atoms with Crippen LogP contribution < -0.4 is 4.90 Å². The molecule has 0 bridgehead atoms. The molecule has 1 heterocycles. The first kappa shape index (κ1) is 18.0. The first-order valence-corrected chi connectivity index (χ1v) is 9.17. The molecule has 0 aliphatic heterocycles. The minimum absolute atomic E-state index is 0.268. The first-order chi connectivity index (χ1) is 12.6. The van der Waals surface area contributed by atoms with E-state index in [1.807, 2.05) is 12.1 Å². The second kappa shape index (κ2) is 8.05. The molecule has 3 nitrogen and oxygen atoms in total. The fourth-order valence-electron chi connectivity index (χ4n) is 3.05. The lowest BCUT2D eigenvalue weighted by molar-refractivity contribution is 0.475. The van der Waals surface area contributed by atoms with Gasteiger partial charge in [-0.3, -0.25) is 0 Å². The van der Waals surface area contributed by atoms with Crippen molar-refractivity contribution in [2.75, 3.05) is 18.5 Å². The molecule has 0 spiro atoms. The SMILES string of the molecule is CCCCN(C)c1cc(-c2ccccc2C)cc(-c2ccc(O)cc2)n1. The van der Waals surface area contributed by atoms with E-state index in [9.17, 15) is 5.11 Å². The summed E-state index contributed by atoms with van der Waals surface area (Å²) in [5.41, 5.74) is 5.56. The van der Waals surface area contributed by atoms with Crippen molar-refractivity contribution >= 4 is 5.82 Å². The number of anilines is 1. The summed E-state index contributed by atoms with van der Waals surface area (Å²) in [5.74, 6) is 1.24. The van der Waals surface area contributed by atoms with Crippen LogP contribution in [0.5, 0.6) is 5.75 Å². The molecular weight excluding hydrogens is 320 g/mol. The van der Waals surface area contributed by atoms with Gasteiger partial charge in [-0.25, -0.2) is 4.98 Å². The van der Waals surface area contributed by atoms with Gasteiger partial charge < -0.3 is 10.0 Å². The van der Waals surface area contributed by atoms with E-state index in [0.717, 1.165) is 36.5 Å². The molecule has 26 heavy (non-hydrogen) atoms. The lowest BCUT2D eigenvalue weighted by Crippen LogP contribution is -2.19. The maximum absolute atomic E-state index is 9.58. The highest BCUT2D eigenvalue weighted by molar-refractivity contribution is 5.75. The Morgan fingerprint density at radius 1 is 0.962 bits per heavy atom. The number of pyridine rings is 1. The quantitative estimate of drug-likeness (QED) is 0.625. The fourth-order valence-corrected chi connectivity index (χ4v) is 3.05. The third-order valence-corrected chi connectivity index (χ3v) is 4.67. The van der Waals surface area contributed by atoms with Gasteiger partial charge in [0.2, 0.25) is 0 Å². The van der Waals surface area contributed by atoms with Crippen LogP contribution in [0.25, 0.3) is 22.4 Å². The van der Waals surface area contributed by atoms with Gasteiger partial charge in [-0.15, -0.1) is 0 Å². The highest BCUT2D eigenvalue weighted by atomic mass is 16.3. The molecule has 0 amide bonds. The molecule has 2 aromatic carbocycles. The summed E-state index contributed by atoms with van der Waals surface area (Å²) in [5, 5.41) is 9.58. The number of unbranched alkanes of at least 4 members (excludes halogenated alkanes) is 1. The molecule has 0 unspecified atom stereocenters. The van der Waals surface area contributed by atoms with E-state index in [4.69, 9.17) is 4.98 Å². The molecular formula is C23H26N2O. The van der Waals surface area contributed by atoms with Crippen LogP contribution in [0.2, 0.25) is 0 Å². The number of aromatic hydroxyl groups is 1. The van der Waals surface area contributed by atoms with Crippen LogP contribution in [0.15, 0.2) is 60.7 Å². The van der Waals surface area contributed by atoms with Crippen LogP contribution in [0.1, 0.15) is 25.3 Å². The van der Waals surface area contributed by atoms with Gasteiger partial charge in [0.15, 0.2) is 0 Å². The zero-order valence-electron chi connectivity index (χ0n) is 15.7. The number of aromatic nitrogens is 1. The fraction of sp³-hybridized carbons (Fsp3) is 0.261. The van der Waals surface area contributed by atoms with Gasteiger partial charge in [0.1, 0.15) is 11.6 Å². The van der Waals surface area contributed by atoms with Gasteiger partial charge in [0.25, 0.3) is 0 Å². The van der Waals surface area contributed by atoms with Crippen LogP contribution in [0.3, 0.4) is 0 Å². The van der Waals surface area contributed by atoms with E-state index in [1.54, 1.807) is 12.1 Å². The van der Waals surface area contributed by atoms with Gasteiger partial charge in [-0.2, -0.15) is 0 Å². The number of hydrogen-bond donors (Lipinski definition) is 1. The molecule has 0 fully saturated rings. The van der Waals surface area contributed by atoms with Crippen LogP contribution in [0.4, 0.5) is 5.82 Å². The molecule has 0 aliphatic carbocycles.